The predicted molar refractivity (Wildman–Crippen MR) is 377 cm³/mol. The Kier molecular flexibility index (Phi) is 13.8. The molecule has 0 unspecified atom stereocenters. The van der Waals surface area contributed by atoms with Crippen molar-refractivity contribution >= 4 is 168 Å². The maximum Gasteiger partial charge on any atom is 0.194 e. The third kappa shape index (κ3) is 9.03. The lowest BCUT2D eigenvalue weighted by Gasteiger charge is -2.31. The van der Waals surface area contributed by atoms with Gasteiger partial charge in [-0.2, -0.15) is 29.8 Å². The Balaban J connectivity index is 0.779. The van der Waals surface area contributed by atoms with Crippen LogP contribution in [0, 0.1) is 68.6 Å². The second-order valence-corrected chi connectivity index (χ2v) is 31.8. The number of methoxy groups -OCH3 is 2. The first-order chi connectivity index (χ1) is 47.2. The second-order valence-electron chi connectivity index (χ2n) is 23.9. The van der Waals surface area contributed by atoms with Crippen LogP contribution in [0.4, 0.5) is 17.6 Å². The van der Waals surface area contributed by atoms with E-state index in [1.807, 2.05) is 82.3 Å². The minimum atomic E-state index is -1.23. The summed E-state index contributed by atoms with van der Waals surface area (Å²) in [6, 6.07) is 30.3. The molecule has 98 heavy (non-hydrogen) atoms. The average Bonchev–Trinajstić information content (AvgIpc) is 1.46. The fraction of sp³-hybridized carbons (Fsp3) is 0.111. The summed E-state index contributed by atoms with van der Waals surface area (Å²) in [4.78, 5) is 49.1. The van der Waals surface area contributed by atoms with Crippen molar-refractivity contribution in [1.29, 1.82) is 21.0 Å². The zero-order chi connectivity index (χ0) is 67.9. The molecule has 474 valence electrons. The van der Waals surface area contributed by atoms with Gasteiger partial charge >= 0.3 is 0 Å². The van der Waals surface area contributed by atoms with Crippen LogP contribution in [0.25, 0.3) is 126 Å². The van der Waals surface area contributed by atoms with Crippen molar-refractivity contribution in [2.75, 3.05) is 14.2 Å². The molecule has 26 heteroatoms. The zero-order valence-corrected chi connectivity index (χ0v) is 57.6. The van der Waals surface area contributed by atoms with E-state index in [2.05, 4.69) is 18.2 Å². The summed E-state index contributed by atoms with van der Waals surface area (Å²) in [5.41, 5.74) is 3.33. The van der Waals surface area contributed by atoms with E-state index in [-0.39, 0.29) is 44.5 Å². The maximum absolute atomic E-state index is 14.7. The molecule has 14 nitrogen and oxygen atoms in total. The highest BCUT2D eigenvalue weighted by molar-refractivity contribution is 7.29. The van der Waals surface area contributed by atoms with Crippen LogP contribution in [0.3, 0.4) is 0 Å². The number of thiophene rings is 7. The van der Waals surface area contributed by atoms with Crippen molar-refractivity contribution in [3.05, 3.63) is 174 Å². The van der Waals surface area contributed by atoms with Crippen molar-refractivity contribution in [2.24, 2.45) is 0 Å². The zero-order valence-electron chi connectivity index (χ0n) is 51.0. The van der Waals surface area contributed by atoms with E-state index in [0.717, 1.165) is 123 Å². The lowest BCUT2D eigenvalue weighted by atomic mass is 9.94. The quantitative estimate of drug-likeness (QED) is 0.0785. The van der Waals surface area contributed by atoms with E-state index in [4.69, 9.17) is 37.7 Å². The number of fused-ring (bicyclic) bond motifs is 13. The maximum atomic E-state index is 14.7. The number of ether oxygens (including phenoxy) is 4. The summed E-state index contributed by atoms with van der Waals surface area (Å²) in [5.74, 6) is -3.99. The summed E-state index contributed by atoms with van der Waals surface area (Å²) in [7, 11) is 3.06. The van der Waals surface area contributed by atoms with Crippen LogP contribution in [0.2, 0.25) is 0 Å². The first-order valence-electron chi connectivity index (χ1n) is 29.4. The van der Waals surface area contributed by atoms with Crippen LogP contribution in [0.5, 0.6) is 23.0 Å². The number of ketones is 2. The lowest BCUT2D eigenvalue weighted by molar-refractivity contribution is 0.103. The first kappa shape index (κ1) is 61.2. The van der Waals surface area contributed by atoms with Gasteiger partial charge in [0.1, 0.15) is 102 Å². The number of rotatable bonds is 8. The number of Topliss-reactive ketones (excluding diaryl/α,β-unsaturated/α-hetero) is 2. The number of hydrogen-bond acceptors (Lipinski definition) is 22. The topological polar surface area (TPSA) is 218 Å². The Bertz CT molecular complexity index is 6200. The van der Waals surface area contributed by atoms with Gasteiger partial charge in [-0.3, -0.25) is 9.59 Å². The van der Waals surface area contributed by atoms with E-state index in [0.29, 0.717) is 59.7 Å². The molecule has 0 bridgehead atoms. The molecule has 0 spiro atoms. The van der Waals surface area contributed by atoms with Gasteiger partial charge in [-0.15, -0.1) is 79.4 Å². The van der Waals surface area contributed by atoms with E-state index < -0.39 is 57.2 Å². The predicted octanol–water partition coefficient (Wildman–Crippen LogP) is 20.4. The molecule has 4 aromatic carbocycles. The third-order valence-corrected chi connectivity index (χ3v) is 26.4. The molecule has 4 aliphatic rings. The van der Waals surface area contributed by atoms with Crippen LogP contribution >= 0.6 is 91.1 Å². The fourth-order valence-electron chi connectivity index (χ4n) is 13.1. The molecule has 0 radical (unpaired) electrons. The molecule has 0 amide bonds. The Morgan fingerprint density at radius 1 is 0.490 bits per heavy atom. The minimum Gasteiger partial charge on any atom is -0.495 e. The summed E-state index contributed by atoms with van der Waals surface area (Å²) in [5, 5.41) is 40.8. The van der Waals surface area contributed by atoms with Gasteiger partial charge in [0.25, 0.3) is 0 Å². The number of nitrogens with zero attached hydrogens (tertiary/aromatic N) is 8. The molecule has 11 heterocycles. The van der Waals surface area contributed by atoms with Crippen LogP contribution < -0.4 is 18.9 Å². The van der Waals surface area contributed by atoms with Gasteiger partial charge in [-0.25, -0.2) is 27.5 Å². The van der Waals surface area contributed by atoms with Crippen LogP contribution in [0.1, 0.15) is 80.4 Å². The van der Waals surface area contributed by atoms with E-state index >= 15 is 0 Å². The smallest absolute Gasteiger partial charge is 0.194 e. The fourth-order valence-corrected chi connectivity index (χ4v) is 22.2. The van der Waals surface area contributed by atoms with E-state index in [1.54, 1.807) is 46.1 Å². The number of allylic oxidation sites excluding steroid dienone is 6. The highest BCUT2D eigenvalue weighted by atomic mass is 32.1. The van der Waals surface area contributed by atoms with Gasteiger partial charge in [0.05, 0.1) is 60.1 Å². The normalized spacial score (nSPS) is 15.4. The minimum absolute atomic E-state index is 0.0412. The van der Waals surface area contributed by atoms with Crippen molar-refractivity contribution in [2.45, 2.75) is 38.9 Å². The van der Waals surface area contributed by atoms with Crippen molar-refractivity contribution in [1.82, 2.24) is 18.7 Å². The number of halogens is 4. The molecule has 0 N–H and O–H groups in total. The Morgan fingerprint density at radius 2 is 0.918 bits per heavy atom. The van der Waals surface area contributed by atoms with E-state index in [9.17, 15) is 48.2 Å². The molecule has 0 atom stereocenters. The van der Waals surface area contributed by atoms with Crippen LogP contribution in [-0.4, -0.2) is 44.5 Å². The van der Waals surface area contributed by atoms with Gasteiger partial charge in [-0.05, 0) is 112 Å². The Morgan fingerprint density at radius 3 is 1.43 bits per heavy atom. The highest BCUT2D eigenvalue weighted by Gasteiger charge is 2.42. The summed E-state index contributed by atoms with van der Waals surface area (Å²) in [6.45, 7) is 8.04. The van der Waals surface area contributed by atoms with Crippen molar-refractivity contribution in [3.63, 3.8) is 0 Å². The van der Waals surface area contributed by atoms with Crippen molar-refractivity contribution < 1.29 is 46.1 Å². The van der Waals surface area contributed by atoms with Gasteiger partial charge in [0.15, 0.2) is 34.8 Å². The first-order valence-corrected chi connectivity index (χ1v) is 35.9. The molecule has 0 saturated heterocycles. The van der Waals surface area contributed by atoms with Crippen LogP contribution in [0.15, 0.2) is 107 Å². The third-order valence-electron chi connectivity index (χ3n) is 17.5. The largest absolute Gasteiger partial charge is 0.495 e. The van der Waals surface area contributed by atoms with Gasteiger partial charge in [0.2, 0.25) is 0 Å². The second kappa shape index (κ2) is 22.1. The standard InChI is InChI=1S/C72H34F4N8O6S8/c1-71(2)38-19-49(93-64(38)69-47(90-71)22-52(96-69)67-45(88-6)14-30(92-67)12-37-54(28(25-79)26-80)33-16-41(74)43(76)18-35(33)63(37)86)55-59-58(81-57-31-9-7-8-10-48(31)97-70(57)82-59)56(61-60(55)83-98-84-61)50-21-46-68(94-50)65-39(72(3,4)89-46)20-51(95-65)66-44(87-5)13-29(91-66)11-36-53(27(23-77)24-78)32-15-40(73)42(75)17-34(32)62(36)85/h7-22H,1-6H3/b36-11-,37-12-. The van der Waals surface area contributed by atoms with Gasteiger partial charge < -0.3 is 18.9 Å². The van der Waals surface area contributed by atoms with Crippen LogP contribution in [-0.2, 0) is 11.2 Å². The number of carbonyl (C=O) groups excluding carboxylic acids is 2. The number of nitriles is 4. The highest BCUT2D eigenvalue weighted by Crippen LogP contribution is 2.61. The van der Waals surface area contributed by atoms with E-state index in [1.165, 1.54) is 71.7 Å². The molecule has 2 aliphatic carbocycles. The number of hydrogen-bond donors (Lipinski definition) is 0. The number of carbonyl (C=O) groups is 2. The summed E-state index contributed by atoms with van der Waals surface area (Å²) < 4.78 is 95.4. The Labute approximate surface area is 583 Å². The monoisotopic (exact) mass is 1440 g/mol. The number of aromatic nitrogens is 4. The van der Waals surface area contributed by atoms with Gasteiger partial charge in [-0.1, -0.05) is 18.2 Å². The summed E-state index contributed by atoms with van der Waals surface area (Å²) in [6.07, 6.45) is 3.03. The molecule has 2 aliphatic heterocycles. The average molecular weight is 1440 g/mol. The lowest BCUT2D eigenvalue weighted by Crippen LogP contribution is -2.27. The molecule has 13 aromatic rings. The molecular weight excluding hydrogens is 1410 g/mol. The molecule has 0 fully saturated rings. The summed E-state index contributed by atoms with van der Waals surface area (Å²) >= 11 is 11.4. The molecular formula is C72H34F4N8O6S8. The molecule has 9 aromatic heterocycles. The number of benzene rings is 4. The van der Waals surface area contributed by atoms with Crippen molar-refractivity contribution in [3.8, 4) is 107 Å². The molecule has 17 rings (SSSR count). The van der Waals surface area contributed by atoms with Gasteiger partial charge in [0, 0.05) is 96.2 Å². The molecule has 0 saturated carbocycles. The Hall–Kier alpha value is -10.4. The SMILES string of the molecule is COc1cc(/C=C2\C(=O)c3cc(F)c(F)cc3C2=C(C#N)C#N)sc1-c1cc2c(s1)-c1sc(-c3c4nsnc4c(-c4cc5c(s4)-c4sc(-c6sc(/C=C7\C(=O)c8cc(F)c(F)cc8C7=C(C#N)C#N)cc6OC)cc4C(C)(C)O5)c4nc5c(nc34)sc3ccccc35)cc1C(C)(C)O2.